The van der Waals surface area contributed by atoms with E-state index in [0.717, 1.165) is 38.1 Å². The predicted molar refractivity (Wildman–Crippen MR) is 147 cm³/mol. The summed E-state index contributed by atoms with van der Waals surface area (Å²) in [7, 11) is 0. The molecule has 0 aliphatic heterocycles. The van der Waals surface area contributed by atoms with Crippen LogP contribution in [0.15, 0.2) is 90.2 Å². The van der Waals surface area contributed by atoms with Gasteiger partial charge in [0.1, 0.15) is 0 Å². The predicted octanol–water partition coefficient (Wildman–Crippen LogP) is 6.67. The van der Waals surface area contributed by atoms with E-state index in [4.69, 9.17) is 11.6 Å². The Morgan fingerprint density at radius 3 is 2.53 bits per heavy atom. The second-order valence-corrected chi connectivity index (χ2v) is 10.5. The molecule has 0 aliphatic carbocycles. The Bertz CT molecular complexity index is 1480. The average Bonchev–Trinajstić information content (AvgIpc) is 3.53. The number of carbonyl (C=O) groups excluding carboxylic acids is 1. The molecule has 9 heteroatoms. The van der Waals surface area contributed by atoms with Crippen LogP contribution in [0.5, 0.6) is 0 Å². The minimum Gasteiger partial charge on any atom is -0.301 e. The highest BCUT2D eigenvalue weighted by atomic mass is 35.5. The molecule has 0 radical (unpaired) electrons. The van der Waals surface area contributed by atoms with Crippen LogP contribution in [0.4, 0.5) is 5.13 Å². The number of aromatic nitrogens is 4. The molecule has 0 fully saturated rings. The maximum atomic E-state index is 12.7. The number of thioether (sulfide) groups is 1. The van der Waals surface area contributed by atoms with Gasteiger partial charge in [-0.2, -0.15) is 0 Å². The van der Waals surface area contributed by atoms with Crippen LogP contribution in [0.1, 0.15) is 16.0 Å². The van der Waals surface area contributed by atoms with Crippen molar-refractivity contribution in [3.05, 3.63) is 106 Å². The quantitative estimate of drug-likeness (QED) is 0.226. The zero-order valence-corrected chi connectivity index (χ0v) is 21.8. The Morgan fingerprint density at radius 1 is 1.03 bits per heavy atom. The molecule has 2 aromatic heterocycles. The summed E-state index contributed by atoms with van der Waals surface area (Å²) in [5.41, 5.74) is 4.05. The van der Waals surface area contributed by atoms with Crippen molar-refractivity contribution < 1.29 is 4.79 Å². The van der Waals surface area contributed by atoms with Crippen LogP contribution in [0.25, 0.3) is 17.1 Å². The smallest absolute Gasteiger partial charge is 0.236 e. The number of anilines is 1. The Kier molecular flexibility index (Phi) is 7.46. The summed E-state index contributed by atoms with van der Waals surface area (Å²) >= 11 is 9.04. The summed E-state index contributed by atoms with van der Waals surface area (Å²) in [6, 6.07) is 25.8. The number of halogens is 1. The largest absolute Gasteiger partial charge is 0.301 e. The third-order valence-corrected chi connectivity index (χ3v) is 7.68. The van der Waals surface area contributed by atoms with Gasteiger partial charge >= 0.3 is 0 Å². The van der Waals surface area contributed by atoms with Gasteiger partial charge in [0, 0.05) is 33.8 Å². The summed E-state index contributed by atoms with van der Waals surface area (Å²) in [4.78, 5) is 18.1. The molecular weight excluding hydrogens is 510 g/mol. The Labute approximate surface area is 222 Å². The first-order chi connectivity index (χ1) is 17.6. The summed E-state index contributed by atoms with van der Waals surface area (Å²) in [5, 5.41) is 13.7. The molecule has 0 atom stereocenters. The zero-order chi connectivity index (χ0) is 24.9. The lowest BCUT2D eigenvalue weighted by Crippen LogP contribution is -2.14. The van der Waals surface area contributed by atoms with Gasteiger partial charge in [0.05, 0.1) is 5.75 Å². The molecule has 1 N–H and O–H groups in total. The van der Waals surface area contributed by atoms with E-state index < -0.39 is 0 Å². The van der Waals surface area contributed by atoms with Gasteiger partial charge in [-0.05, 0) is 36.2 Å². The van der Waals surface area contributed by atoms with E-state index in [0.29, 0.717) is 16.7 Å². The first-order valence-corrected chi connectivity index (χ1v) is 13.4. The minimum atomic E-state index is -0.150. The Hall–Kier alpha value is -3.46. The van der Waals surface area contributed by atoms with Crippen molar-refractivity contribution in [2.24, 2.45) is 0 Å². The highest BCUT2D eigenvalue weighted by Crippen LogP contribution is 2.28. The lowest BCUT2D eigenvalue weighted by molar-refractivity contribution is -0.113. The molecule has 36 heavy (non-hydrogen) atoms. The van der Waals surface area contributed by atoms with E-state index in [9.17, 15) is 4.79 Å². The van der Waals surface area contributed by atoms with Crippen LogP contribution >= 0.6 is 34.7 Å². The Balaban J connectivity index is 1.27. The number of nitrogens with zero attached hydrogens (tertiary/aromatic N) is 4. The number of nitrogens with one attached hydrogen (secondary N) is 1. The van der Waals surface area contributed by atoms with Gasteiger partial charge in [-0.15, -0.1) is 21.5 Å². The van der Waals surface area contributed by atoms with Crippen molar-refractivity contribution in [1.29, 1.82) is 0 Å². The monoisotopic (exact) mass is 531 g/mol. The fraction of sp³-hybridized carbons (Fsp3) is 0.111. The van der Waals surface area contributed by atoms with Crippen molar-refractivity contribution in [2.45, 2.75) is 18.5 Å². The van der Waals surface area contributed by atoms with Crippen LogP contribution in [-0.2, 0) is 11.2 Å². The summed E-state index contributed by atoms with van der Waals surface area (Å²) < 4.78 is 1.97. The number of hydrogen-bond donors (Lipinski definition) is 1. The molecule has 6 nitrogen and oxygen atoms in total. The number of para-hydroxylation sites is 1. The van der Waals surface area contributed by atoms with Gasteiger partial charge in [-0.3, -0.25) is 9.36 Å². The maximum absolute atomic E-state index is 12.7. The maximum Gasteiger partial charge on any atom is 0.236 e. The normalized spacial score (nSPS) is 10.9. The Morgan fingerprint density at radius 2 is 1.78 bits per heavy atom. The van der Waals surface area contributed by atoms with Crippen LogP contribution < -0.4 is 5.32 Å². The number of carbonyl (C=O) groups is 1. The third kappa shape index (κ3) is 5.67. The van der Waals surface area contributed by atoms with Gasteiger partial charge in [0.2, 0.25) is 5.91 Å². The van der Waals surface area contributed by atoms with E-state index in [-0.39, 0.29) is 11.7 Å². The zero-order valence-electron chi connectivity index (χ0n) is 19.4. The molecule has 0 saturated carbocycles. The fourth-order valence-corrected chi connectivity index (χ4v) is 5.45. The molecule has 5 rings (SSSR count). The highest BCUT2D eigenvalue weighted by Gasteiger charge is 2.17. The molecular formula is C27H22ClN5OS2. The molecule has 3 aromatic carbocycles. The second-order valence-electron chi connectivity index (χ2n) is 8.07. The van der Waals surface area contributed by atoms with E-state index in [1.54, 1.807) is 6.20 Å². The first-order valence-electron chi connectivity index (χ1n) is 11.3. The number of amides is 1. The number of hydrogen-bond acceptors (Lipinski definition) is 6. The van der Waals surface area contributed by atoms with E-state index in [1.807, 2.05) is 84.3 Å². The van der Waals surface area contributed by atoms with Crippen LogP contribution in [0.3, 0.4) is 0 Å². The SMILES string of the molecule is Cc1ccc(Cc2cnc(NC(=O)CSc3nnc(-c4ccccc4)n3-c3ccccc3)s2)cc1Cl. The lowest BCUT2D eigenvalue weighted by Gasteiger charge is -2.10. The van der Waals surface area contributed by atoms with Crippen LogP contribution in [0, 0.1) is 6.92 Å². The topological polar surface area (TPSA) is 72.7 Å². The fourth-order valence-electron chi connectivity index (χ4n) is 3.63. The van der Waals surface area contributed by atoms with Crippen LogP contribution in [-0.4, -0.2) is 31.4 Å². The minimum absolute atomic E-state index is 0.150. The van der Waals surface area contributed by atoms with Crippen molar-refractivity contribution in [2.75, 3.05) is 11.1 Å². The van der Waals surface area contributed by atoms with Gasteiger partial charge in [-0.1, -0.05) is 84.0 Å². The molecule has 5 aromatic rings. The first kappa shape index (κ1) is 24.2. The number of thiazole rings is 1. The van der Waals surface area contributed by atoms with Crippen molar-refractivity contribution in [1.82, 2.24) is 19.7 Å². The van der Waals surface area contributed by atoms with Gasteiger partial charge in [-0.25, -0.2) is 4.98 Å². The van der Waals surface area contributed by atoms with Gasteiger partial charge in [0.25, 0.3) is 0 Å². The van der Waals surface area contributed by atoms with E-state index >= 15 is 0 Å². The van der Waals surface area contributed by atoms with E-state index in [2.05, 4.69) is 26.6 Å². The van der Waals surface area contributed by atoms with Crippen molar-refractivity contribution in [3.63, 3.8) is 0 Å². The summed E-state index contributed by atoms with van der Waals surface area (Å²) in [5.74, 6) is 0.760. The average molecular weight is 532 g/mol. The molecule has 1 amide bonds. The number of benzene rings is 3. The lowest BCUT2D eigenvalue weighted by atomic mass is 10.1. The van der Waals surface area contributed by atoms with Crippen LogP contribution in [0.2, 0.25) is 5.02 Å². The van der Waals surface area contributed by atoms with E-state index in [1.165, 1.54) is 23.1 Å². The number of aryl methyl sites for hydroxylation is 1. The molecule has 0 bridgehead atoms. The van der Waals surface area contributed by atoms with Gasteiger partial charge < -0.3 is 5.32 Å². The van der Waals surface area contributed by atoms with Gasteiger partial charge in [0.15, 0.2) is 16.1 Å². The van der Waals surface area contributed by atoms with Crippen molar-refractivity contribution in [3.8, 4) is 17.1 Å². The molecule has 0 saturated heterocycles. The number of rotatable bonds is 8. The molecule has 0 aliphatic rings. The molecule has 180 valence electrons. The molecule has 2 heterocycles. The summed E-state index contributed by atoms with van der Waals surface area (Å²) in [6.07, 6.45) is 2.50. The standard InChI is InChI=1S/C27H22ClN5OS2/c1-18-12-13-19(15-23(18)28)14-22-16-29-26(36-22)30-24(34)17-35-27-32-31-25(20-8-4-2-5-9-20)33(27)21-10-6-3-7-11-21/h2-13,15-16H,14,17H2,1H3,(H,29,30,34). The third-order valence-electron chi connectivity index (χ3n) is 5.43. The molecule has 0 unspecified atom stereocenters. The highest BCUT2D eigenvalue weighted by molar-refractivity contribution is 7.99. The molecule has 0 spiro atoms. The van der Waals surface area contributed by atoms with Crippen molar-refractivity contribution >= 4 is 45.7 Å². The summed E-state index contributed by atoms with van der Waals surface area (Å²) in [6.45, 7) is 1.98. The second kappa shape index (κ2) is 11.1.